The van der Waals surface area contributed by atoms with Crippen molar-refractivity contribution in [2.24, 2.45) is 5.92 Å². The van der Waals surface area contributed by atoms with Gasteiger partial charge in [-0.1, -0.05) is 15.9 Å². The molecule has 0 heterocycles. The van der Waals surface area contributed by atoms with Crippen molar-refractivity contribution in [3.63, 3.8) is 0 Å². The Morgan fingerprint density at radius 1 is 1.30 bits per heavy atom. The Kier molecular flexibility index (Phi) is 5.38. The minimum absolute atomic E-state index is 0.0886. The fourth-order valence-electron chi connectivity index (χ4n) is 2.63. The van der Waals surface area contributed by atoms with Gasteiger partial charge in [-0.2, -0.15) is 0 Å². The van der Waals surface area contributed by atoms with Crippen molar-refractivity contribution in [3.8, 4) is 5.75 Å². The Balaban J connectivity index is 1.98. The summed E-state index contributed by atoms with van der Waals surface area (Å²) in [5.74, 6) is -0.478. The predicted molar refractivity (Wildman–Crippen MR) is 77.3 cm³/mol. The molecule has 0 aliphatic heterocycles. The SMILES string of the molecule is CCOC1CC(CC(Br)c2c(F)cc(OC)cc2F)C1. The Morgan fingerprint density at radius 2 is 1.90 bits per heavy atom. The third kappa shape index (κ3) is 3.50. The highest BCUT2D eigenvalue weighted by Crippen LogP contribution is 2.42. The van der Waals surface area contributed by atoms with Crippen LogP contribution in [0.5, 0.6) is 5.75 Å². The summed E-state index contributed by atoms with van der Waals surface area (Å²) in [6.45, 7) is 2.69. The molecule has 1 atom stereocenters. The van der Waals surface area contributed by atoms with Gasteiger partial charge in [-0.3, -0.25) is 0 Å². The van der Waals surface area contributed by atoms with E-state index >= 15 is 0 Å². The van der Waals surface area contributed by atoms with E-state index in [1.54, 1.807) is 0 Å². The van der Waals surface area contributed by atoms with Gasteiger partial charge in [-0.15, -0.1) is 0 Å². The molecular weight excluding hydrogens is 330 g/mol. The average Bonchev–Trinajstić information content (AvgIpc) is 2.35. The molecule has 1 aliphatic rings. The minimum Gasteiger partial charge on any atom is -0.497 e. The van der Waals surface area contributed by atoms with Crippen molar-refractivity contribution in [3.05, 3.63) is 29.3 Å². The zero-order valence-corrected chi connectivity index (χ0v) is 13.3. The van der Waals surface area contributed by atoms with Crippen LogP contribution < -0.4 is 4.74 Å². The van der Waals surface area contributed by atoms with Crippen molar-refractivity contribution >= 4 is 15.9 Å². The average molecular weight is 349 g/mol. The zero-order chi connectivity index (χ0) is 14.7. The van der Waals surface area contributed by atoms with Crippen molar-refractivity contribution in [2.45, 2.75) is 37.1 Å². The predicted octanol–water partition coefficient (Wildman–Crippen LogP) is 4.61. The number of rotatable bonds is 6. The van der Waals surface area contributed by atoms with Crippen LogP contribution in [0.1, 0.15) is 36.6 Å². The van der Waals surface area contributed by atoms with Crippen LogP contribution in [-0.4, -0.2) is 19.8 Å². The van der Waals surface area contributed by atoms with Crippen LogP contribution >= 0.6 is 15.9 Å². The van der Waals surface area contributed by atoms with Crippen LogP contribution in [0.25, 0.3) is 0 Å². The molecular formula is C15H19BrF2O2. The molecule has 0 radical (unpaired) electrons. The Morgan fingerprint density at radius 3 is 2.40 bits per heavy atom. The first-order valence-electron chi connectivity index (χ1n) is 6.83. The second-order valence-corrected chi connectivity index (χ2v) is 6.23. The van der Waals surface area contributed by atoms with Gasteiger partial charge in [0.2, 0.25) is 0 Å². The van der Waals surface area contributed by atoms with E-state index in [-0.39, 0.29) is 16.1 Å². The summed E-state index contributed by atoms with van der Waals surface area (Å²) in [4.78, 5) is -0.319. The van der Waals surface area contributed by atoms with Crippen LogP contribution in [0.3, 0.4) is 0 Å². The summed E-state index contributed by atoms with van der Waals surface area (Å²) in [5, 5.41) is 0. The third-order valence-electron chi connectivity index (χ3n) is 3.74. The summed E-state index contributed by atoms with van der Waals surface area (Å²) >= 11 is 3.41. The van der Waals surface area contributed by atoms with Gasteiger partial charge in [0, 0.05) is 29.1 Å². The standard InChI is InChI=1S/C15H19BrF2O2/c1-3-20-11-4-9(5-11)6-12(16)15-13(17)7-10(19-2)8-14(15)18/h7-9,11-12H,3-6H2,1-2H3. The van der Waals surface area contributed by atoms with E-state index in [2.05, 4.69) is 15.9 Å². The van der Waals surface area contributed by atoms with Crippen molar-refractivity contribution in [1.29, 1.82) is 0 Å². The third-order valence-corrected chi connectivity index (χ3v) is 4.57. The molecule has 1 aromatic carbocycles. The Labute approximate surface area is 126 Å². The molecule has 1 aliphatic carbocycles. The number of hydrogen-bond acceptors (Lipinski definition) is 2. The summed E-state index contributed by atoms with van der Waals surface area (Å²) in [7, 11) is 1.39. The first kappa shape index (κ1) is 15.7. The molecule has 1 saturated carbocycles. The van der Waals surface area contributed by atoms with Crippen LogP contribution in [0.2, 0.25) is 0 Å². The maximum absolute atomic E-state index is 13.9. The smallest absolute Gasteiger partial charge is 0.134 e. The monoisotopic (exact) mass is 348 g/mol. The van der Waals surface area contributed by atoms with Gasteiger partial charge in [0.1, 0.15) is 17.4 Å². The zero-order valence-electron chi connectivity index (χ0n) is 11.7. The maximum atomic E-state index is 13.9. The molecule has 0 bridgehead atoms. The van der Waals surface area contributed by atoms with Gasteiger partial charge < -0.3 is 9.47 Å². The number of benzene rings is 1. The fraction of sp³-hybridized carbons (Fsp3) is 0.600. The Bertz CT molecular complexity index is 438. The highest BCUT2D eigenvalue weighted by molar-refractivity contribution is 9.09. The van der Waals surface area contributed by atoms with E-state index in [9.17, 15) is 8.78 Å². The van der Waals surface area contributed by atoms with Gasteiger partial charge in [0.05, 0.1) is 13.2 Å². The molecule has 0 spiro atoms. The number of hydrogen-bond donors (Lipinski definition) is 0. The molecule has 1 unspecified atom stereocenters. The highest BCUT2D eigenvalue weighted by atomic mass is 79.9. The van der Waals surface area contributed by atoms with Gasteiger partial charge in [0.25, 0.3) is 0 Å². The lowest BCUT2D eigenvalue weighted by atomic mass is 9.78. The quantitative estimate of drug-likeness (QED) is 0.698. The van der Waals surface area contributed by atoms with Crippen molar-refractivity contribution in [1.82, 2.24) is 0 Å². The fourth-order valence-corrected chi connectivity index (χ4v) is 3.59. The summed E-state index contributed by atoms with van der Waals surface area (Å²) in [6, 6.07) is 2.44. The lowest BCUT2D eigenvalue weighted by molar-refractivity contribution is -0.0265. The van der Waals surface area contributed by atoms with Crippen LogP contribution in [-0.2, 0) is 4.74 Å². The first-order chi connectivity index (χ1) is 9.55. The summed E-state index contributed by atoms with van der Waals surface area (Å²) < 4.78 is 38.2. The highest BCUT2D eigenvalue weighted by Gasteiger charge is 2.32. The van der Waals surface area contributed by atoms with Crippen LogP contribution in [0.15, 0.2) is 12.1 Å². The molecule has 0 aromatic heterocycles. The molecule has 112 valence electrons. The van der Waals surface area contributed by atoms with Crippen molar-refractivity contribution in [2.75, 3.05) is 13.7 Å². The molecule has 0 amide bonds. The number of methoxy groups -OCH3 is 1. The van der Waals surface area contributed by atoms with Gasteiger partial charge >= 0.3 is 0 Å². The lowest BCUT2D eigenvalue weighted by Crippen LogP contribution is -2.32. The number of alkyl halides is 1. The molecule has 20 heavy (non-hydrogen) atoms. The number of ether oxygens (including phenoxy) is 2. The maximum Gasteiger partial charge on any atom is 0.134 e. The molecule has 1 aromatic rings. The van der Waals surface area contributed by atoms with E-state index < -0.39 is 11.6 Å². The first-order valence-corrected chi connectivity index (χ1v) is 7.75. The normalized spacial score (nSPS) is 23.2. The van der Waals surface area contributed by atoms with E-state index in [1.807, 2.05) is 6.92 Å². The minimum atomic E-state index is -0.565. The Hall–Kier alpha value is -0.680. The second kappa shape index (κ2) is 6.85. The number of halogens is 3. The summed E-state index contributed by atoms with van der Waals surface area (Å²) in [5.41, 5.74) is 0.0886. The lowest BCUT2D eigenvalue weighted by Gasteiger charge is -2.36. The van der Waals surface area contributed by atoms with E-state index in [1.165, 1.54) is 19.2 Å². The van der Waals surface area contributed by atoms with Gasteiger partial charge in [-0.25, -0.2) is 8.78 Å². The molecule has 2 rings (SSSR count). The largest absolute Gasteiger partial charge is 0.497 e. The molecule has 0 N–H and O–H groups in total. The summed E-state index contributed by atoms with van der Waals surface area (Å²) in [6.07, 6.45) is 2.96. The van der Waals surface area contributed by atoms with Gasteiger partial charge in [-0.05, 0) is 32.1 Å². The second-order valence-electron chi connectivity index (χ2n) is 5.12. The van der Waals surface area contributed by atoms with Crippen molar-refractivity contribution < 1.29 is 18.3 Å². The van der Waals surface area contributed by atoms with Crippen LogP contribution in [0.4, 0.5) is 8.78 Å². The molecule has 5 heteroatoms. The van der Waals surface area contributed by atoms with Gasteiger partial charge in [0.15, 0.2) is 0 Å². The molecule has 2 nitrogen and oxygen atoms in total. The van der Waals surface area contributed by atoms with E-state index in [0.717, 1.165) is 19.4 Å². The molecule has 1 fully saturated rings. The van der Waals surface area contributed by atoms with E-state index in [0.29, 0.717) is 18.4 Å². The van der Waals surface area contributed by atoms with Crippen LogP contribution in [0, 0.1) is 17.6 Å². The molecule has 0 saturated heterocycles. The van der Waals surface area contributed by atoms with E-state index in [4.69, 9.17) is 9.47 Å². The topological polar surface area (TPSA) is 18.5 Å².